The van der Waals surface area contributed by atoms with Gasteiger partial charge in [0.1, 0.15) is 0 Å². The summed E-state index contributed by atoms with van der Waals surface area (Å²) in [4.78, 5) is 0. The lowest BCUT2D eigenvalue weighted by atomic mass is 10.3. The summed E-state index contributed by atoms with van der Waals surface area (Å²) in [5, 5.41) is 2.64. The topological polar surface area (TPSA) is 36.9 Å². The molecule has 0 unspecified atom stereocenters. The highest BCUT2D eigenvalue weighted by molar-refractivity contribution is 6.72. The molecule has 0 saturated heterocycles. The molecule has 0 aliphatic carbocycles. The van der Waals surface area contributed by atoms with Gasteiger partial charge in [-0.1, -0.05) is 29.9 Å². The van der Waals surface area contributed by atoms with Gasteiger partial charge in [-0.2, -0.15) is 0 Å². The van der Waals surface area contributed by atoms with Gasteiger partial charge in [-0.15, -0.1) is 0 Å². The van der Waals surface area contributed by atoms with Gasteiger partial charge in [0, 0.05) is 0 Å². The maximum atomic E-state index is 5.53. The Kier molecular flexibility index (Phi) is 6.55. The summed E-state index contributed by atoms with van der Waals surface area (Å²) in [6.07, 6.45) is 0. The second-order valence-corrected chi connectivity index (χ2v) is 10.5. The smallest absolute Gasteiger partial charge is 0.160 e. The van der Waals surface area contributed by atoms with Crippen molar-refractivity contribution in [3.05, 3.63) is 36.4 Å². The summed E-state index contributed by atoms with van der Waals surface area (Å²) < 4.78 is 21.8. The maximum absolute atomic E-state index is 5.53. The summed E-state index contributed by atoms with van der Waals surface area (Å²) >= 11 is 0. The molecule has 4 nitrogen and oxygen atoms in total. The molecule has 0 aromatic heterocycles. The fourth-order valence-corrected chi connectivity index (χ4v) is 8.22. The summed E-state index contributed by atoms with van der Waals surface area (Å²) in [6.45, 7) is 0. The van der Waals surface area contributed by atoms with E-state index in [0.717, 1.165) is 23.0 Å². The van der Waals surface area contributed by atoms with Crippen LogP contribution in [0.25, 0.3) is 0 Å². The molecule has 23 heavy (non-hydrogen) atoms. The third-order valence-electron chi connectivity index (χ3n) is 3.86. The number of rotatable bonds is 8. The van der Waals surface area contributed by atoms with Crippen LogP contribution in [0, 0.1) is 0 Å². The third kappa shape index (κ3) is 4.08. The lowest BCUT2D eigenvalue weighted by Gasteiger charge is -2.14. The zero-order chi connectivity index (χ0) is 16.7. The first kappa shape index (κ1) is 17.4. The van der Waals surface area contributed by atoms with E-state index in [4.69, 9.17) is 18.9 Å². The quantitative estimate of drug-likeness (QED) is 0.647. The number of benzene rings is 2. The standard InChI is InChI=1S/C17H24O4Si2/c1-18-12-7-5-9-14(16(12)20-3)22-11-23-15-10-6-8-13(19-2)17(15)21-4/h5-10H,11,22-23H2,1-4H3. The Morgan fingerprint density at radius 2 is 1.09 bits per heavy atom. The minimum absolute atomic E-state index is 0.408. The SMILES string of the molecule is COc1cccc([SiH2]C[SiH2]c2cccc(OC)c2OC)c1OC. The molecule has 0 N–H and O–H groups in total. The van der Waals surface area contributed by atoms with E-state index in [0.29, 0.717) is 0 Å². The van der Waals surface area contributed by atoms with Crippen LogP contribution in [0.2, 0.25) is 5.67 Å². The van der Waals surface area contributed by atoms with E-state index in [-0.39, 0.29) is 0 Å². The molecule has 0 radical (unpaired) electrons. The molecule has 0 aliphatic rings. The summed E-state index contributed by atoms with van der Waals surface area (Å²) in [6, 6.07) is 12.3. The molecule has 6 heteroatoms. The molecule has 0 fully saturated rings. The molecule has 0 heterocycles. The van der Waals surface area contributed by atoms with Gasteiger partial charge in [0.05, 0.1) is 47.5 Å². The van der Waals surface area contributed by atoms with Crippen molar-refractivity contribution in [1.29, 1.82) is 0 Å². The van der Waals surface area contributed by atoms with Gasteiger partial charge in [-0.05, 0) is 22.5 Å². The van der Waals surface area contributed by atoms with Crippen molar-refractivity contribution in [3.63, 3.8) is 0 Å². The molecule has 2 aromatic rings. The monoisotopic (exact) mass is 348 g/mol. The molecule has 0 atom stereocenters. The predicted octanol–water partition coefficient (Wildman–Crippen LogP) is 0.385. The van der Waals surface area contributed by atoms with Gasteiger partial charge >= 0.3 is 0 Å². The molecule has 0 bridgehead atoms. The van der Waals surface area contributed by atoms with Gasteiger partial charge < -0.3 is 18.9 Å². The largest absolute Gasteiger partial charge is 0.493 e. The molecule has 0 amide bonds. The summed E-state index contributed by atoms with van der Waals surface area (Å²) in [7, 11) is 5.96. The van der Waals surface area contributed by atoms with Crippen molar-refractivity contribution in [3.8, 4) is 23.0 Å². The van der Waals surface area contributed by atoms with E-state index in [1.165, 1.54) is 16.0 Å². The third-order valence-corrected chi connectivity index (χ3v) is 8.88. The first-order valence-electron chi connectivity index (χ1n) is 7.64. The first-order chi connectivity index (χ1) is 11.2. The van der Waals surface area contributed by atoms with Gasteiger partial charge in [-0.3, -0.25) is 0 Å². The van der Waals surface area contributed by atoms with Crippen LogP contribution in [0.5, 0.6) is 23.0 Å². The van der Waals surface area contributed by atoms with Gasteiger partial charge in [-0.25, -0.2) is 0 Å². The molecule has 124 valence electrons. The normalized spacial score (nSPS) is 11.3. The highest BCUT2D eigenvalue weighted by Gasteiger charge is 2.12. The number of hydrogen-bond acceptors (Lipinski definition) is 4. The van der Waals surface area contributed by atoms with Crippen LogP contribution < -0.4 is 29.3 Å². The van der Waals surface area contributed by atoms with E-state index in [9.17, 15) is 0 Å². The predicted molar refractivity (Wildman–Crippen MR) is 100 cm³/mol. The molecule has 2 rings (SSSR count). The van der Waals surface area contributed by atoms with E-state index >= 15 is 0 Å². The van der Waals surface area contributed by atoms with E-state index in [2.05, 4.69) is 12.1 Å². The molecule has 0 saturated carbocycles. The van der Waals surface area contributed by atoms with Crippen LogP contribution in [0.15, 0.2) is 36.4 Å². The maximum Gasteiger partial charge on any atom is 0.160 e. The van der Waals surface area contributed by atoms with Crippen LogP contribution in [-0.4, -0.2) is 47.5 Å². The first-order valence-corrected chi connectivity index (χ1v) is 11.1. The Hall–Kier alpha value is -1.93. The number of hydrogen-bond donors (Lipinski definition) is 0. The van der Waals surface area contributed by atoms with Crippen LogP contribution in [0.1, 0.15) is 0 Å². The Balaban J connectivity index is 2.09. The van der Waals surface area contributed by atoms with Gasteiger partial charge in [0.2, 0.25) is 0 Å². The molecule has 2 aromatic carbocycles. The average molecular weight is 349 g/mol. The van der Waals surface area contributed by atoms with Crippen LogP contribution in [0.3, 0.4) is 0 Å². The Morgan fingerprint density at radius 3 is 1.43 bits per heavy atom. The van der Waals surface area contributed by atoms with Crippen molar-refractivity contribution in [2.45, 2.75) is 5.67 Å². The van der Waals surface area contributed by atoms with Gasteiger partial charge in [0.25, 0.3) is 0 Å². The minimum Gasteiger partial charge on any atom is -0.493 e. The van der Waals surface area contributed by atoms with E-state index in [1.54, 1.807) is 28.4 Å². The van der Waals surface area contributed by atoms with E-state index < -0.39 is 19.0 Å². The Labute approximate surface area is 142 Å². The molecular weight excluding hydrogens is 324 g/mol. The molecule has 0 spiro atoms. The van der Waals surface area contributed by atoms with Crippen LogP contribution >= 0.6 is 0 Å². The molecular formula is C17H24O4Si2. The second kappa shape index (κ2) is 8.64. The number of ether oxygens (including phenoxy) is 4. The van der Waals surface area contributed by atoms with Crippen molar-refractivity contribution in [2.24, 2.45) is 0 Å². The van der Waals surface area contributed by atoms with Crippen molar-refractivity contribution in [1.82, 2.24) is 0 Å². The second-order valence-electron chi connectivity index (χ2n) is 5.16. The Bertz CT molecular complexity index is 591. The van der Waals surface area contributed by atoms with Crippen molar-refractivity contribution < 1.29 is 18.9 Å². The highest BCUT2D eigenvalue weighted by Crippen LogP contribution is 2.24. The number of para-hydroxylation sites is 2. The number of methoxy groups -OCH3 is 4. The van der Waals surface area contributed by atoms with Gasteiger partial charge in [0.15, 0.2) is 23.0 Å². The average Bonchev–Trinajstić information content (AvgIpc) is 2.60. The molecule has 0 aliphatic heterocycles. The lowest BCUT2D eigenvalue weighted by Crippen LogP contribution is -2.24. The Morgan fingerprint density at radius 1 is 0.652 bits per heavy atom. The fourth-order valence-electron chi connectivity index (χ4n) is 2.77. The lowest BCUT2D eigenvalue weighted by molar-refractivity contribution is 0.357. The van der Waals surface area contributed by atoms with Crippen LogP contribution in [0.4, 0.5) is 0 Å². The summed E-state index contributed by atoms with van der Waals surface area (Å²) in [5.41, 5.74) is 1.26. The minimum atomic E-state index is -0.408. The van der Waals surface area contributed by atoms with Crippen LogP contribution in [-0.2, 0) is 0 Å². The van der Waals surface area contributed by atoms with Crippen molar-refractivity contribution in [2.75, 3.05) is 28.4 Å². The highest BCUT2D eigenvalue weighted by atomic mass is 28.3. The fraction of sp³-hybridized carbons (Fsp3) is 0.294. The van der Waals surface area contributed by atoms with Crippen molar-refractivity contribution >= 4 is 29.4 Å². The van der Waals surface area contributed by atoms with E-state index in [1.807, 2.05) is 24.3 Å². The zero-order valence-corrected chi connectivity index (χ0v) is 17.0. The zero-order valence-electron chi connectivity index (χ0n) is 14.2. The summed E-state index contributed by atoms with van der Waals surface area (Å²) in [5.74, 6) is 3.43.